The molecule has 0 aromatic carbocycles. The van der Waals surface area contributed by atoms with Gasteiger partial charge in [-0.05, 0) is 31.0 Å². The number of hydrogen-bond acceptors (Lipinski definition) is 2. The smallest absolute Gasteiger partial charge is 0.0669 e. The Hall–Kier alpha value is -1.18. The molecule has 1 unspecified atom stereocenters. The zero-order valence-electron chi connectivity index (χ0n) is 6.04. The summed E-state index contributed by atoms with van der Waals surface area (Å²) < 4.78 is 0. The number of nitrogens with two attached hydrogens (primary N) is 1. The normalized spacial score (nSPS) is 24.5. The second-order valence-electron chi connectivity index (χ2n) is 2.30. The molecule has 1 aliphatic rings. The van der Waals surface area contributed by atoms with Crippen LogP contribution in [0.2, 0.25) is 0 Å². The van der Waals surface area contributed by atoms with Gasteiger partial charge in [-0.25, -0.2) is 0 Å². The maximum Gasteiger partial charge on any atom is 0.0669 e. The average molecular weight is 136 g/mol. The number of nitrogens with one attached hydrogen (secondary N) is 1. The molecule has 0 aliphatic carbocycles. The van der Waals surface area contributed by atoms with Crippen molar-refractivity contribution in [1.29, 1.82) is 0 Å². The Labute approximate surface area is 61.1 Å². The van der Waals surface area contributed by atoms with Crippen LogP contribution < -0.4 is 11.1 Å². The molecule has 0 aromatic rings. The van der Waals surface area contributed by atoms with Crippen molar-refractivity contribution < 1.29 is 0 Å². The Bertz CT molecular complexity index is 189. The summed E-state index contributed by atoms with van der Waals surface area (Å²) in [6, 6.07) is 0.287. The van der Waals surface area contributed by atoms with Crippen molar-refractivity contribution in [2.24, 2.45) is 5.73 Å². The van der Waals surface area contributed by atoms with Crippen LogP contribution in [0.1, 0.15) is 6.92 Å². The van der Waals surface area contributed by atoms with E-state index in [4.69, 9.17) is 5.73 Å². The van der Waals surface area contributed by atoms with E-state index in [9.17, 15) is 0 Å². The number of hydrogen-bond donors (Lipinski definition) is 2. The quantitative estimate of drug-likeness (QED) is 0.562. The van der Waals surface area contributed by atoms with Gasteiger partial charge in [-0.15, -0.1) is 0 Å². The molecule has 0 bridgehead atoms. The number of allylic oxidation sites excluding steroid dienone is 2. The third-order valence-electron chi connectivity index (χ3n) is 1.54. The Morgan fingerprint density at radius 3 is 2.90 bits per heavy atom. The molecule has 0 spiro atoms. The lowest BCUT2D eigenvalue weighted by atomic mass is 10.1. The van der Waals surface area contributed by atoms with Crippen molar-refractivity contribution in [3.8, 4) is 0 Å². The van der Waals surface area contributed by atoms with Crippen LogP contribution in [0.25, 0.3) is 0 Å². The van der Waals surface area contributed by atoms with Crippen LogP contribution >= 0.6 is 0 Å². The number of dihydropyridines is 1. The Morgan fingerprint density at radius 2 is 2.40 bits per heavy atom. The molecule has 2 nitrogen and oxygen atoms in total. The minimum Gasteiger partial charge on any atom is -0.405 e. The first kappa shape index (κ1) is 6.93. The van der Waals surface area contributed by atoms with Crippen LogP contribution in [-0.2, 0) is 0 Å². The second kappa shape index (κ2) is 3.11. The SMILES string of the molecule is C/C(=C/N)C1C=CC=CN1. The Kier molecular flexibility index (Phi) is 2.15. The fourth-order valence-corrected chi connectivity index (χ4v) is 0.832. The van der Waals surface area contributed by atoms with E-state index in [2.05, 4.69) is 11.4 Å². The van der Waals surface area contributed by atoms with E-state index >= 15 is 0 Å². The lowest BCUT2D eigenvalue weighted by Crippen LogP contribution is -2.25. The van der Waals surface area contributed by atoms with Gasteiger partial charge in [0.25, 0.3) is 0 Å². The average Bonchev–Trinajstić information content (AvgIpc) is 2.05. The standard InChI is InChI=1S/C8H12N2/c1-7(6-9)8-4-2-3-5-10-8/h2-6,8,10H,9H2,1H3/b7-6-. The van der Waals surface area contributed by atoms with Gasteiger partial charge in [-0.3, -0.25) is 0 Å². The van der Waals surface area contributed by atoms with Crippen LogP contribution in [0.5, 0.6) is 0 Å². The summed E-state index contributed by atoms with van der Waals surface area (Å²) in [5, 5.41) is 3.15. The van der Waals surface area contributed by atoms with Crippen molar-refractivity contribution in [3.05, 3.63) is 36.2 Å². The third kappa shape index (κ3) is 1.41. The molecule has 10 heavy (non-hydrogen) atoms. The minimum atomic E-state index is 0.287. The molecule has 0 saturated heterocycles. The largest absolute Gasteiger partial charge is 0.405 e. The summed E-state index contributed by atoms with van der Waals surface area (Å²) in [5.41, 5.74) is 6.48. The van der Waals surface area contributed by atoms with Crippen LogP contribution in [0.3, 0.4) is 0 Å². The number of rotatable bonds is 1. The zero-order valence-corrected chi connectivity index (χ0v) is 6.04. The fraction of sp³-hybridized carbons (Fsp3) is 0.250. The predicted octanol–water partition coefficient (Wildman–Crippen LogP) is 0.891. The van der Waals surface area contributed by atoms with Gasteiger partial charge >= 0.3 is 0 Å². The first-order valence-electron chi connectivity index (χ1n) is 3.32. The van der Waals surface area contributed by atoms with Gasteiger partial charge in [-0.1, -0.05) is 12.2 Å². The van der Waals surface area contributed by atoms with Gasteiger partial charge in [-0.2, -0.15) is 0 Å². The highest BCUT2D eigenvalue weighted by atomic mass is 14.9. The summed E-state index contributed by atoms with van der Waals surface area (Å²) in [6.45, 7) is 2.00. The third-order valence-corrected chi connectivity index (χ3v) is 1.54. The minimum absolute atomic E-state index is 0.287. The molecule has 0 radical (unpaired) electrons. The molecule has 3 N–H and O–H groups in total. The first-order chi connectivity index (χ1) is 4.84. The van der Waals surface area contributed by atoms with Crippen molar-refractivity contribution in [2.75, 3.05) is 0 Å². The highest BCUT2D eigenvalue weighted by molar-refractivity contribution is 5.22. The molecule has 0 amide bonds. The Morgan fingerprint density at radius 1 is 1.60 bits per heavy atom. The van der Waals surface area contributed by atoms with Crippen LogP contribution in [0, 0.1) is 0 Å². The van der Waals surface area contributed by atoms with E-state index in [-0.39, 0.29) is 6.04 Å². The zero-order chi connectivity index (χ0) is 7.40. The van der Waals surface area contributed by atoms with E-state index in [1.165, 1.54) is 0 Å². The molecule has 0 fully saturated rings. The molecule has 54 valence electrons. The molecule has 1 heterocycles. The van der Waals surface area contributed by atoms with E-state index in [0.717, 1.165) is 5.57 Å². The summed E-state index contributed by atoms with van der Waals surface area (Å²) in [7, 11) is 0. The lowest BCUT2D eigenvalue weighted by Gasteiger charge is -2.15. The monoisotopic (exact) mass is 136 g/mol. The maximum atomic E-state index is 5.34. The van der Waals surface area contributed by atoms with Gasteiger partial charge in [0.2, 0.25) is 0 Å². The summed E-state index contributed by atoms with van der Waals surface area (Å²) >= 11 is 0. The fourth-order valence-electron chi connectivity index (χ4n) is 0.832. The van der Waals surface area contributed by atoms with Gasteiger partial charge in [0, 0.05) is 0 Å². The summed E-state index contributed by atoms with van der Waals surface area (Å²) in [6.07, 6.45) is 9.58. The highest BCUT2D eigenvalue weighted by Crippen LogP contribution is 2.03. The molecule has 0 aromatic heterocycles. The molecular weight excluding hydrogens is 124 g/mol. The first-order valence-corrected chi connectivity index (χ1v) is 3.32. The van der Waals surface area contributed by atoms with Crippen molar-refractivity contribution >= 4 is 0 Å². The van der Waals surface area contributed by atoms with E-state index < -0.39 is 0 Å². The van der Waals surface area contributed by atoms with Crippen LogP contribution in [0.4, 0.5) is 0 Å². The van der Waals surface area contributed by atoms with Crippen molar-refractivity contribution in [2.45, 2.75) is 13.0 Å². The molecule has 1 rings (SSSR count). The topological polar surface area (TPSA) is 38.0 Å². The van der Waals surface area contributed by atoms with Gasteiger partial charge < -0.3 is 11.1 Å². The van der Waals surface area contributed by atoms with Crippen LogP contribution in [0.15, 0.2) is 36.2 Å². The summed E-state index contributed by atoms with van der Waals surface area (Å²) in [5.74, 6) is 0. The Balaban J connectivity index is 2.59. The van der Waals surface area contributed by atoms with Gasteiger partial charge in [0.05, 0.1) is 6.04 Å². The molecular formula is C8H12N2. The molecule has 0 saturated carbocycles. The van der Waals surface area contributed by atoms with Crippen LogP contribution in [-0.4, -0.2) is 6.04 Å². The van der Waals surface area contributed by atoms with Crippen molar-refractivity contribution in [1.82, 2.24) is 5.32 Å². The van der Waals surface area contributed by atoms with Crippen molar-refractivity contribution in [3.63, 3.8) is 0 Å². The maximum absolute atomic E-state index is 5.34. The van der Waals surface area contributed by atoms with E-state index in [0.29, 0.717) is 0 Å². The predicted molar refractivity (Wildman–Crippen MR) is 43.1 cm³/mol. The molecule has 2 heteroatoms. The second-order valence-corrected chi connectivity index (χ2v) is 2.30. The summed E-state index contributed by atoms with van der Waals surface area (Å²) in [4.78, 5) is 0. The molecule has 1 atom stereocenters. The van der Waals surface area contributed by atoms with E-state index in [1.54, 1.807) is 6.20 Å². The highest BCUT2D eigenvalue weighted by Gasteiger charge is 2.03. The van der Waals surface area contributed by atoms with E-state index in [1.807, 2.05) is 25.3 Å². The van der Waals surface area contributed by atoms with Gasteiger partial charge in [0.1, 0.15) is 0 Å². The lowest BCUT2D eigenvalue weighted by molar-refractivity contribution is 0.782. The van der Waals surface area contributed by atoms with Gasteiger partial charge in [0.15, 0.2) is 0 Å². The molecule has 1 aliphatic heterocycles.